The van der Waals surface area contributed by atoms with Crippen LogP contribution < -0.4 is 0 Å². The second-order valence-electron chi connectivity index (χ2n) is 17.4. The zero-order chi connectivity index (χ0) is 30.6. The van der Waals surface area contributed by atoms with Crippen molar-refractivity contribution in [1.29, 1.82) is 0 Å². The van der Waals surface area contributed by atoms with Crippen LogP contribution in [0.25, 0.3) is 0 Å². The number of rotatable bonds is 0. The van der Waals surface area contributed by atoms with Crippen LogP contribution in [0.2, 0.25) is 30.2 Å². The molecule has 0 aliphatic heterocycles. The van der Waals surface area contributed by atoms with Gasteiger partial charge in [-0.25, -0.2) is 0 Å². The molecule has 0 amide bonds. The molecule has 1 aromatic carbocycles. The van der Waals surface area contributed by atoms with Crippen LogP contribution in [0, 0.1) is 22.9 Å². The van der Waals surface area contributed by atoms with Crippen LogP contribution in [0.15, 0.2) is 12.1 Å². The lowest BCUT2D eigenvalue weighted by Crippen LogP contribution is -2.57. The first-order valence-electron chi connectivity index (χ1n) is 14.1. The van der Waals surface area contributed by atoms with Gasteiger partial charge in [-0.2, -0.15) is 0 Å². The Morgan fingerprint density at radius 1 is 0.421 bits per heavy atom. The van der Waals surface area contributed by atoms with Gasteiger partial charge in [0, 0.05) is 0 Å². The van der Waals surface area contributed by atoms with Crippen LogP contribution in [-0.4, -0.2) is 26.4 Å². The molecule has 0 fully saturated rings. The Morgan fingerprint density at radius 3 is 0.763 bits per heavy atom. The van der Waals surface area contributed by atoms with Crippen LogP contribution in [-0.2, 0) is 0 Å². The Kier molecular flexibility index (Phi) is 9.13. The maximum atomic E-state index is 11.1. The van der Waals surface area contributed by atoms with E-state index in [9.17, 15) is 10.2 Å². The highest BCUT2D eigenvalue weighted by atomic mass is 28.3. The van der Waals surface area contributed by atoms with Gasteiger partial charge in [-0.15, -0.1) is 11.1 Å². The fourth-order valence-corrected chi connectivity index (χ4v) is 25.4. The zero-order valence-corrected chi connectivity index (χ0v) is 30.0. The molecule has 0 bridgehead atoms. The van der Waals surface area contributed by atoms with Gasteiger partial charge in [-0.1, -0.05) is 136 Å². The monoisotopic (exact) mass is 554 g/mol. The highest BCUT2D eigenvalue weighted by molar-refractivity contribution is 6.95. The van der Waals surface area contributed by atoms with Crippen molar-refractivity contribution in [3.05, 3.63) is 23.3 Å². The minimum absolute atomic E-state index is 0.0143. The Hall–Kier alpha value is -1.63. The molecular weight excluding hydrogens is 497 g/mol. The normalized spacial score (nSPS) is 14.4. The first-order valence-corrected chi connectivity index (χ1v) is 18.1. The third-order valence-electron chi connectivity index (χ3n) is 8.67. The second-order valence-corrected chi connectivity index (χ2v) is 29.9. The molecular formula is C34H58O2Si2. The molecule has 0 saturated heterocycles. The van der Waals surface area contributed by atoms with Crippen molar-refractivity contribution in [2.75, 3.05) is 0 Å². The van der Waals surface area contributed by atoms with E-state index in [2.05, 4.69) is 148 Å². The molecule has 0 aliphatic rings. The molecule has 0 aromatic heterocycles. The topological polar surface area (TPSA) is 40.5 Å². The average Bonchev–Trinajstić information content (AvgIpc) is 2.60. The van der Waals surface area contributed by atoms with Gasteiger partial charge >= 0.3 is 0 Å². The van der Waals surface area contributed by atoms with Crippen molar-refractivity contribution in [2.24, 2.45) is 0 Å². The van der Waals surface area contributed by atoms with Crippen molar-refractivity contribution < 1.29 is 10.2 Å². The van der Waals surface area contributed by atoms with E-state index in [4.69, 9.17) is 0 Å². The molecule has 0 radical (unpaired) electrons. The number of phenolic OH excluding ortho intramolecular Hbond substituents is 2. The minimum Gasteiger partial charge on any atom is -0.503 e. The maximum absolute atomic E-state index is 11.1. The van der Waals surface area contributed by atoms with Crippen molar-refractivity contribution in [3.63, 3.8) is 0 Å². The Balaban J connectivity index is 3.92. The minimum atomic E-state index is -2.32. The van der Waals surface area contributed by atoms with Gasteiger partial charge in [-0.05, 0) is 42.4 Å². The summed E-state index contributed by atoms with van der Waals surface area (Å²) < 4.78 is 0. The van der Waals surface area contributed by atoms with Crippen molar-refractivity contribution in [3.8, 4) is 34.4 Å². The molecule has 4 heteroatoms. The molecule has 0 heterocycles. The number of hydrogen-bond acceptors (Lipinski definition) is 2. The molecule has 0 spiro atoms. The van der Waals surface area contributed by atoms with Gasteiger partial charge in [0.2, 0.25) is 0 Å². The second kappa shape index (κ2) is 10.1. The molecule has 0 aliphatic carbocycles. The van der Waals surface area contributed by atoms with Crippen LogP contribution >= 0.6 is 0 Å². The summed E-state index contributed by atoms with van der Waals surface area (Å²) in [5, 5.41) is 22.3. The summed E-state index contributed by atoms with van der Waals surface area (Å²) in [6.07, 6.45) is 0. The van der Waals surface area contributed by atoms with Gasteiger partial charge in [0.05, 0.1) is 11.1 Å². The summed E-state index contributed by atoms with van der Waals surface area (Å²) in [4.78, 5) is 0. The van der Waals surface area contributed by atoms with E-state index in [-0.39, 0.29) is 41.7 Å². The molecule has 38 heavy (non-hydrogen) atoms. The summed E-state index contributed by atoms with van der Waals surface area (Å²) in [7, 11) is -4.63. The summed E-state index contributed by atoms with van der Waals surface area (Å²) in [5.41, 5.74) is 8.46. The van der Waals surface area contributed by atoms with Crippen molar-refractivity contribution >= 4 is 16.1 Å². The zero-order valence-electron chi connectivity index (χ0n) is 28.0. The van der Waals surface area contributed by atoms with Crippen LogP contribution in [0.5, 0.6) is 11.5 Å². The fraction of sp³-hybridized carbons (Fsp3) is 0.706. The van der Waals surface area contributed by atoms with Gasteiger partial charge in [0.15, 0.2) is 27.6 Å². The fourth-order valence-electron chi connectivity index (χ4n) is 8.98. The molecule has 0 atom stereocenters. The predicted molar refractivity (Wildman–Crippen MR) is 173 cm³/mol. The van der Waals surface area contributed by atoms with E-state index in [0.717, 1.165) is 0 Å². The number of aromatic hydroxyl groups is 2. The van der Waals surface area contributed by atoms with Gasteiger partial charge in [0.1, 0.15) is 0 Å². The maximum Gasteiger partial charge on any atom is 0.174 e. The van der Waals surface area contributed by atoms with E-state index >= 15 is 0 Å². The molecule has 0 unspecified atom stereocenters. The molecule has 1 rings (SSSR count). The summed E-state index contributed by atoms with van der Waals surface area (Å²) in [6.45, 7) is 41.4. The standard InChI is InChI=1S/C34H58O2Si2/c1-29(2,3)37(30(4,5)6,31(7,8)9)23-21-25-19-20-26(28(36)27(25)35)22-24-38(32(10,11)12,33(13,14)15)34(16,17)18/h19-20,35-36H,1-18H3. The average molecular weight is 555 g/mol. The van der Waals surface area contributed by atoms with E-state index in [0.29, 0.717) is 11.1 Å². The van der Waals surface area contributed by atoms with Crippen molar-refractivity contribution in [1.82, 2.24) is 0 Å². The van der Waals surface area contributed by atoms with E-state index < -0.39 is 16.1 Å². The molecule has 2 N–H and O–H groups in total. The lowest BCUT2D eigenvalue weighted by atomic mass is 10.1. The van der Waals surface area contributed by atoms with Crippen LogP contribution in [0.1, 0.15) is 136 Å². The largest absolute Gasteiger partial charge is 0.503 e. The number of benzene rings is 1. The quantitative estimate of drug-likeness (QED) is 0.190. The lowest BCUT2D eigenvalue weighted by Gasteiger charge is -2.55. The van der Waals surface area contributed by atoms with E-state index in [1.807, 2.05) is 12.1 Å². The van der Waals surface area contributed by atoms with E-state index in [1.165, 1.54) is 0 Å². The third kappa shape index (κ3) is 5.78. The Labute approximate surface area is 238 Å². The van der Waals surface area contributed by atoms with Gasteiger partial charge in [-0.3, -0.25) is 0 Å². The van der Waals surface area contributed by atoms with Crippen LogP contribution in [0.4, 0.5) is 0 Å². The Morgan fingerprint density at radius 2 is 0.605 bits per heavy atom. The first kappa shape index (κ1) is 34.4. The molecule has 1 aromatic rings. The first-order chi connectivity index (χ1) is 16.5. The predicted octanol–water partition coefficient (Wildman–Crippen LogP) is 10.6. The summed E-state index contributed by atoms with van der Waals surface area (Å²) >= 11 is 0. The van der Waals surface area contributed by atoms with Crippen molar-refractivity contribution in [2.45, 2.75) is 155 Å². The van der Waals surface area contributed by atoms with E-state index in [1.54, 1.807) is 0 Å². The number of hydrogen-bond donors (Lipinski definition) is 2. The van der Waals surface area contributed by atoms with Gasteiger partial charge in [0.25, 0.3) is 0 Å². The van der Waals surface area contributed by atoms with Crippen LogP contribution in [0.3, 0.4) is 0 Å². The summed E-state index contributed by atoms with van der Waals surface area (Å²) in [5.74, 6) is 6.36. The molecule has 214 valence electrons. The highest BCUT2D eigenvalue weighted by Crippen LogP contribution is 2.62. The highest BCUT2D eigenvalue weighted by Gasteiger charge is 2.60. The summed E-state index contributed by atoms with van der Waals surface area (Å²) in [6, 6.07) is 3.65. The number of phenols is 2. The molecule has 2 nitrogen and oxygen atoms in total. The SMILES string of the molecule is CC(C)(C)[Si](C#Cc1ccc(C#C[Si](C(C)(C)C)(C(C)(C)C)C(C)(C)C)c(O)c1O)(C(C)(C)C)C(C)(C)C. The Bertz CT molecular complexity index is 976. The third-order valence-corrected chi connectivity index (χ3v) is 23.2. The van der Waals surface area contributed by atoms with Gasteiger partial charge < -0.3 is 10.2 Å². The smallest absolute Gasteiger partial charge is 0.174 e. The molecule has 0 saturated carbocycles. The lowest BCUT2D eigenvalue weighted by molar-refractivity contribution is 0.401.